The smallest absolute Gasteiger partial charge is 0.229 e. The number of aryl methyl sites for hydroxylation is 1. The molecule has 2 aromatic heterocycles. The minimum atomic E-state index is -0.297. The molecule has 32 heavy (non-hydrogen) atoms. The molecule has 2 heterocycles. The lowest BCUT2D eigenvalue weighted by Crippen LogP contribution is -2.17. The number of carbonyl (C=O) groups is 1. The molecule has 0 radical (unpaired) electrons. The first kappa shape index (κ1) is 21.5. The quantitative estimate of drug-likeness (QED) is 0.442. The van der Waals surface area contributed by atoms with Gasteiger partial charge in [-0.25, -0.2) is 14.4 Å². The maximum absolute atomic E-state index is 13.2. The summed E-state index contributed by atoms with van der Waals surface area (Å²) in [5.41, 5.74) is 2.32. The first-order valence-corrected chi connectivity index (χ1v) is 10.6. The van der Waals surface area contributed by atoms with E-state index in [1.54, 1.807) is 49.2 Å². The van der Waals surface area contributed by atoms with Crippen molar-refractivity contribution in [3.63, 3.8) is 0 Å². The fourth-order valence-corrected chi connectivity index (χ4v) is 4.15. The van der Waals surface area contributed by atoms with E-state index in [0.29, 0.717) is 28.3 Å². The number of hydrogen-bond donors (Lipinski definition) is 1. The molecule has 0 saturated carbocycles. The van der Waals surface area contributed by atoms with Crippen LogP contribution in [-0.2, 0) is 11.2 Å². The van der Waals surface area contributed by atoms with E-state index in [0.717, 1.165) is 16.8 Å². The summed E-state index contributed by atoms with van der Waals surface area (Å²) in [5, 5.41) is 5.45. The number of imidazole rings is 1. The average Bonchev–Trinajstić information content (AvgIpc) is 3.40. The maximum Gasteiger partial charge on any atom is 0.229 e. The number of amides is 1. The molecule has 0 aliphatic carbocycles. The van der Waals surface area contributed by atoms with Crippen LogP contribution in [0.25, 0.3) is 16.4 Å². The molecule has 0 spiro atoms. The number of hydrogen-bond acceptors (Lipinski definition) is 6. The average molecular weight is 453 g/mol. The van der Waals surface area contributed by atoms with E-state index in [2.05, 4.69) is 15.3 Å². The van der Waals surface area contributed by atoms with Crippen molar-refractivity contribution >= 4 is 23.1 Å². The number of nitrogens with one attached hydrogen (secondary N) is 1. The number of nitrogens with zero attached hydrogens (tertiary/aromatic N) is 3. The van der Waals surface area contributed by atoms with Crippen LogP contribution in [0.4, 0.5) is 10.2 Å². The fraction of sp³-hybridized carbons (Fsp3) is 0.174. The summed E-state index contributed by atoms with van der Waals surface area (Å²) < 4.78 is 25.5. The van der Waals surface area contributed by atoms with Gasteiger partial charge in [-0.15, -0.1) is 11.3 Å². The molecule has 9 heteroatoms. The Labute approximate surface area is 188 Å². The predicted molar refractivity (Wildman–Crippen MR) is 121 cm³/mol. The van der Waals surface area contributed by atoms with Crippen molar-refractivity contribution in [2.24, 2.45) is 0 Å². The standard InChI is InChI=1S/C23H21FN4O3S/c1-14-25-12-21(27-22(29)11-15-4-9-19(30-2)20(10-15)31-3)28(14)23-26-18(13-32-23)16-5-7-17(24)8-6-16/h4-10,12-13H,11H2,1-3H3,(H,27,29). The van der Waals surface area contributed by atoms with Gasteiger partial charge in [0.1, 0.15) is 17.5 Å². The number of thiazole rings is 1. The Morgan fingerprint density at radius 2 is 1.88 bits per heavy atom. The summed E-state index contributed by atoms with van der Waals surface area (Å²) in [6.07, 6.45) is 1.75. The molecule has 4 aromatic rings. The van der Waals surface area contributed by atoms with Crippen molar-refractivity contribution < 1.29 is 18.7 Å². The molecule has 0 aliphatic heterocycles. The molecule has 0 atom stereocenters. The molecule has 0 unspecified atom stereocenters. The Morgan fingerprint density at radius 1 is 1.12 bits per heavy atom. The number of aromatic nitrogens is 3. The predicted octanol–water partition coefficient (Wildman–Crippen LogP) is 4.64. The highest BCUT2D eigenvalue weighted by atomic mass is 32.1. The highest BCUT2D eigenvalue weighted by molar-refractivity contribution is 7.12. The third kappa shape index (κ3) is 4.47. The van der Waals surface area contributed by atoms with Crippen LogP contribution in [0.3, 0.4) is 0 Å². The fourth-order valence-electron chi connectivity index (χ4n) is 3.26. The monoisotopic (exact) mass is 452 g/mol. The summed E-state index contributed by atoms with van der Waals surface area (Å²) in [4.78, 5) is 21.7. The largest absolute Gasteiger partial charge is 0.493 e. The molecule has 1 amide bonds. The van der Waals surface area contributed by atoms with Crippen LogP contribution in [0.5, 0.6) is 11.5 Å². The number of halogens is 1. The van der Waals surface area contributed by atoms with Gasteiger partial charge in [0, 0.05) is 10.9 Å². The summed E-state index contributed by atoms with van der Waals surface area (Å²) in [6, 6.07) is 11.5. The number of carbonyl (C=O) groups excluding carboxylic acids is 1. The van der Waals surface area contributed by atoms with E-state index >= 15 is 0 Å². The lowest BCUT2D eigenvalue weighted by molar-refractivity contribution is -0.115. The second kappa shape index (κ2) is 9.19. The molecule has 0 aliphatic rings. The van der Waals surface area contributed by atoms with Gasteiger partial charge in [0.2, 0.25) is 5.91 Å². The summed E-state index contributed by atoms with van der Waals surface area (Å²) >= 11 is 1.41. The van der Waals surface area contributed by atoms with Crippen LogP contribution in [0.15, 0.2) is 54.0 Å². The van der Waals surface area contributed by atoms with Crippen LogP contribution in [0, 0.1) is 12.7 Å². The van der Waals surface area contributed by atoms with Crippen molar-refractivity contribution in [3.8, 4) is 27.9 Å². The first-order chi connectivity index (χ1) is 15.5. The van der Waals surface area contributed by atoms with E-state index in [-0.39, 0.29) is 18.1 Å². The summed E-state index contributed by atoms with van der Waals surface area (Å²) in [5.74, 6) is 1.88. The maximum atomic E-state index is 13.2. The third-order valence-electron chi connectivity index (χ3n) is 4.84. The SMILES string of the molecule is COc1ccc(CC(=O)Nc2cnc(C)n2-c2nc(-c3ccc(F)cc3)cs2)cc1OC. The summed E-state index contributed by atoms with van der Waals surface area (Å²) in [6.45, 7) is 1.84. The molecule has 1 N–H and O–H groups in total. The third-order valence-corrected chi connectivity index (χ3v) is 5.67. The Balaban J connectivity index is 1.53. The molecule has 0 bridgehead atoms. The number of benzene rings is 2. The highest BCUT2D eigenvalue weighted by Crippen LogP contribution is 2.29. The van der Waals surface area contributed by atoms with Gasteiger partial charge in [0.05, 0.1) is 32.5 Å². The molecule has 164 valence electrons. The van der Waals surface area contributed by atoms with E-state index < -0.39 is 0 Å². The lowest BCUT2D eigenvalue weighted by atomic mass is 10.1. The van der Waals surface area contributed by atoms with Crippen molar-refractivity contribution in [1.29, 1.82) is 0 Å². The molecule has 0 saturated heterocycles. The van der Waals surface area contributed by atoms with Crippen LogP contribution in [0.2, 0.25) is 0 Å². The topological polar surface area (TPSA) is 78.3 Å². The first-order valence-electron chi connectivity index (χ1n) is 9.75. The second-order valence-corrected chi connectivity index (χ2v) is 7.80. The van der Waals surface area contributed by atoms with Gasteiger partial charge in [-0.3, -0.25) is 9.36 Å². The van der Waals surface area contributed by atoms with Crippen LogP contribution >= 0.6 is 11.3 Å². The molecule has 7 nitrogen and oxygen atoms in total. The van der Waals surface area contributed by atoms with E-state index in [1.165, 1.54) is 23.5 Å². The van der Waals surface area contributed by atoms with E-state index in [9.17, 15) is 9.18 Å². The minimum absolute atomic E-state index is 0.156. The highest BCUT2D eigenvalue weighted by Gasteiger charge is 2.16. The Bertz CT molecular complexity index is 1250. The van der Waals surface area contributed by atoms with Gasteiger partial charge in [-0.2, -0.15) is 0 Å². The molecule has 2 aromatic carbocycles. The zero-order chi connectivity index (χ0) is 22.7. The number of anilines is 1. The molecular weight excluding hydrogens is 431 g/mol. The molecular formula is C23H21FN4O3S. The van der Waals surface area contributed by atoms with Gasteiger partial charge < -0.3 is 14.8 Å². The van der Waals surface area contributed by atoms with Crippen molar-refractivity contribution in [2.75, 3.05) is 19.5 Å². The van der Waals surface area contributed by atoms with Crippen LogP contribution < -0.4 is 14.8 Å². The second-order valence-electron chi connectivity index (χ2n) is 6.96. The number of ether oxygens (including phenoxy) is 2. The van der Waals surface area contributed by atoms with Gasteiger partial charge in [-0.1, -0.05) is 6.07 Å². The zero-order valence-electron chi connectivity index (χ0n) is 17.8. The van der Waals surface area contributed by atoms with Crippen molar-refractivity contribution in [2.45, 2.75) is 13.3 Å². The molecule has 0 fully saturated rings. The summed E-state index contributed by atoms with van der Waals surface area (Å²) in [7, 11) is 3.12. The normalized spacial score (nSPS) is 10.8. The van der Waals surface area contributed by atoms with Gasteiger partial charge in [0.25, 0.3) is 0 Å². The zero-order valence-corrected chi connectivity index (χ0v) is 18.6. The van der Waals surface area contributed by atoms with Crippen molar-refractivity contribution in [1.82, 2.24) is 14.5 Å². The van der Waals surface area contributed by atoms with Crippen molar-refractivity contribution in [3.05, 3.63) is 71.2 Å². The minimum Gasteiger partial charge on any atom is -0.493 e. The van der Waals surface area contributed by atoms with Crippen LogP contribution in [-0.4, -0.2) is 34.7 Å². The van der Waals surface area contributed by atoms with Gasteiger partial charge in [-0.05, 0) is 48.9 Å². The number of methoxy groups -OCH3 is 2. The van der Waals surface area contributed by atoms with Gasteiger partial charge >= 0.3 is 0 Å². The Morgan fingerprint density at radius 3 is 2.59 bits per heavy atom. The number of rotatable bonds is 7. The van der Waals surface area contributed by atoms with Gasteiger partial charge in [0.15, 0.2) is 16.6 Å². The Kier molecular flexibility index (Phi) is 6.18. The van der Waals surface area contributed by atoms with E-state index in [1.807, 2.05) is 18.4 Å². The molecule has 4 rings (SSSR count). The van der Waals surface area contributed by atoms with Crippen LogP contribution in [0.1, 0.15) is 11.4 Å². The Hall–Kier alpha value is -3.72. The lowest BCUT2D eigenvalue weighted by Gasteiger charge is -2.11. The van der Waals surface area contributed by atoms with E-state index in [4.69, 9.17) is 9.47 Å².